The molecule has 0 fully saturated rings. The number of aryl methyl sites for hydroxylation is 2. The van der Waals surface area contributed by atoms with Gasteiger partial charge in [-0.15, -0.1) is 11.3 Å². The molecule has 4 aromatic rings. The van der Waals surface area contributed by atoms with Gasteiger partial charge in [-0.2, -0.15) is 5.10 Å². The van der Waals surface area contributed by atoms with E-state index in [1.54, 1.807) is 29.5 Å². The average Bonchev–Trinajstić information content (AvgIpc) is 3.39. The molecule has 3 heterocycles. The molecule has 3 aromatic heterocycles. The van der Waals surface area contributed by atoms with Crippen molar-refractivity contribution < 1.29 is 4.79 Å². The first-order chi connectivity index (χ1) is 14.5. The highest BCUT2D eigenvalue weighted by Crippen LogP contribution is 2.27. The fourth-order valence-electron chi connectivity index (χ4n) is 3.17. The fourth-order valence-corrected chi connectivity index (χ4v) is 4.05. The van der Waals surface area contributed by atoms with E-state index in [0.717, 1.165) is 21.3 Å². The second-order valence-corrected chi connectivity index (χ2v) is 8.02. The highest BCUT2D eigenvalue weighted by atomic mass is 32.1. The lowest BCUT2D eigenvalue weighted by Gasteiger charge is -2.09. The van der Waals surface area contributed by atoms with Crippen LogP contribution in [-0.4, -0.2) is 31.8 Å². The van der Waals surface area contributed by atoms with E-state index in [9.17, 15) is 9.59 Å². The standard InChI is InChI=1S/C22H21N5O2S/c1-15-21(30-16(2)24-15)19-9-10-20(28)27(25-19)14-11-23-22(29)17-5-7-18(8-6-17)26-12-3-4-13-26/h3-10,12-13H,11,14H2,1-2H3,(H,23,29). The van der Waals surface area contributed by atoms with Crippen molar-refractivity contribution in [3.63, 3.8) is 0 Å². The summed E-state index contributed by atoms with van der Waals surface area (Å²) in [6.45, 7) is 4.46. The molecule has 152 valence electrons. The number of amides is 1. The van der Waals surface area contributed by atoms with Gasteiger partial charge in [-0.25, -0.2) is 9.67 Å². The van der Waals surface area contributed by atoms with Crippen LogP contribution in [0.25, 0.3) is 16.3 Å². The van der Waals surface area contributed by atoms with Crippen molar-refractivity contribution in [2.24, 2.45) is 0 Å². The third-order valence-corrected chi connectivity index (χ3v) is 5.74. The Hall–Kier alpha value is -3.52. The van der Waals surface area contributed by atoms with E-state index >= 15 is 0 Å². The number of hydrogen-bond acceptors (Lipinski definition) is 5. The first kappa shape index (κ1) is 19.8. The van der Waals surface area contributed by atoms with Crippen LogP contribution in [0.1, 0.15) is 21.1 Å². The predicted octanol–water partition coefficient (Wildman–Crippen LogP) is 3.20. The van der Waals surface area contributed by atoms with Crippen LogP contribution in [0.2, 0.25) is 0 Å². The quantitative estimate of drug-likeness (QED) is 0.520. The van der Waals surface area contributed by atoms with E-state index in [2.05, 4.69) is 15.4 Å². The average molecular weight is 420 g/mol. The minimum absolute atomic E-state index is 0.188. The topological polar surface area (TPSA) is 81.8 Å². The van der Waals surface area contributed by atoms with Gasteiger partial charge < -0.3 is 9.88 Å². The summed E-state index contributed by atoms with van der Waals surface area (Å²) in [5, 5.41) is 8.25. The van der Waals surface area contributed by atoms with Gasteiger partial charge in [0.05, 0.1) is 22.1 Å². The highest BCUT2D eigenvalue weighted by molar-refractivity contribution is 7.15. The Morgan fingerprint density at radius 1 is 1.07 bits per heavy atom. The number of hydrogen-bond donors (Lipinski definition) is 1. The van der Waals surface area contributed by atoms with Gasteiger partial charge in [0, 0.05) is 36.3 Å². The molecule has 30 heavy (non-hydrogen) atoms. The molecule has 7 nitrogen and oxygen atoms in total. The maximum absolute atomic E-state index is 12.4. The molecule has 8 heteroatoms. The number of nitrogens with one attached hydrogen (secondary N) is 1. The van der Waals surface area contributed by atoms with Gasteiger partial charge in [-0.3, -0.25) is 9.59 Å². The number of aromatic nitrogens is 4. The van der Waals surface area contributed by atoms with Crippen molar-refractivity contribution in [1.29, 1.82) is 0 Å². The molecule has 4 rings (SSSR count). The van der Waals surface area contributed by atoms with Crippen LogP contribution in [-0.2, 0) is 6.54 Å². The summed E-state index contributed by atoms with van der Waals surface area (Å²) in [5.41, 5.74) is 2.95. The fraction of sp³-hybridized carbons (Fsp3) is 0.182. The van der Waals surface area contributed by atoms with Gasteiger partial charge >= 0.3 is 0 Å². The summed E-state index contributed by atoms with van der Waals surface area (Å²) in [6.07, 6.45) is 3.89. The predicted molar refractivity (Wildman–Crippen MR) is 117 cm³/mol. The second-order valence-electron chi connectivity index (χ2n) is 6.82. The third-order valence-electron chi connectivity index (χ3n) is 4.64. The summed E-state index contributed by atoms with van der Waals surface area (Å²) in [4.78, 5) is 29.9. The molecule has 0 saturated carbocycles. The highest BCUT2D eigenvalue weighted by Gasteiger charge is 2.11. The van der Waals surface area contributed by atoms with Crippen LogP contribution < -0.4 is 10.9 Å². The number of rotatable bonds is 6. The monoisotopic (exact) mass is 419 g/mol. The lowest BCUT2D eigenvalue weighted by atomic mass is 10.2. The van der Waals surface area contributed by atoms with Crippen LogP contribution in [0.3, 0.4) is 0 Å². The lowest BCUT2D eigenvalue weighted by molar-refractivity contribution is 0.0952. The molecule has 0 unspecified atom stereocenters. The first-order valence-electron chi connectivity index (χ1n) is 9.55. The summed E-state index contributed by atoms with van der Waals surface area (Å²) in [7, 11) is 0. The van der Waals surface area contributed by atoms with Gasteiger partial charge in [-0.05, 0) is 56.3 Å². The number of nitrogens with zero attached hydrogens (tertiary/aromatic N) is 4. The van der Waals surface area contributed by atoms with E-state index in [1.807, 2.05) is 55.1 Å². The minimum atomic E-state index is -0.206. The van der Waals surface area contributed by atoms with Crippen LogP contribution in [0.5, 0.6) is 0 Å². The Morgan fingerprint density at radius 3 is 2.47 bits per heavy atom. The van der Waals surface area contributed by atoms with Crippen LogP contribution in [0.15, 0.2) is 65.7 Å². The molecule has 1 amide bonds. The van der Waals surface area contributed by atoms with E-state index < -0.39 is 0 Å². The van der Waals surface area contributed by atoms with Crippen LogP contribution in [0.4, 0.5) is 0 Å². The number of benzene rings is 1. The summed E-state index contributed by atoms with van der Waals surface area (Å²) in [5.74, 6) is -0.188. The van der Waals surface area contributed by atoms with Crippen molar-refractivity contribution in [2.45, 2.75) is 20.4 Å². The van der Waals surface area contributed by atoms with Crippen LogP contribution in [0, 0.1) is 13.8 Å². The number of carbonyl (C=O) groups is 1. The van der Waals surface area contributed by atoms with Gasteiger partial charge in [0.15, 0.2) is 0 Å². The zero-order valence-corrected chi connectivity index (χ0v) is 17.5. The Balaban J connectivity index is 1.40. The van der Waals surface area contributed by atoms with E-state index in [4.69, 9.17) is 0 Å². The summed E-state index contributed by atoms with van der Waals surface area (Å²) < 4.78 is 3.35. The van der Waals surface area contributed by atoms with Crippen molar-refractivity contribution in [3.8, 4) is 16.3 Å². The van der Waals surface area contributed by atoms with E-state index in [-0.39, 0.29) is 18.0 Å². The van der Waals surface area contributed by atoms with Gasteiger partial charge in [0.25, 0.3) is 11.5 Å². The SMILES string of the molecule is Cc1nc(C)c(-c2ccc(=O)n(CCNC(=O)c3ccc(-n4cccc4)cc3)n2)s1. The Kier molecular flexibility index (Phi) is 5.58. The number of thiazole rings is 1. The van der Waals surface area contributed by atoms with Crippen molar-refractivity contribution in [1.82, 2.24) is 24.6 Å². The summed E-state index contributed by atoms with van der Waals surface area (Å²) >= 11 is 1.55. The molecule has 0 bridgehead atoms. The van der Waals surface area contributed by atoms with Gasteiger partial charge in [0.2, 0.25) is 0 Å². The molecule has 0 spiro atoms. The molecular formula is C22H21N5O2S. The second kappa shape index (κ2) is 8.46. The maximum atomic E-state index is 12.4. The summed E-state index contributed by atoms with van der Waals surface area (Å²) in [6, 6.07) is 14.5. The third kappa shape index (κ3) is 4.23. The van der Waals surface area contributed by atoms with E-state index in [0.29, 0.717) is 17.8 Å². The zero-order valence-electron chi connectivity index (χ0n) is 16.7. The largest absolute Gasteiger partial charge is 0.350 e. The molecule has 0 aliphatic carbocycles. The molecular weight excluding hydrogens is 398 g/mol. The molecule has 0 saturated heterocycles. The molecule has 0 aliphatic rings. The normalized spacial score (nSPS) is 10.9. The molecule has 0 aliphatic heterocycles. The minimum Gasteiger partial charge on any atom is -0.350 e. The molecule has 1 aromatic carbocycles. The van der Waals surface area contributed by atoms with Gasteiger partial charge in [-0.1, -0.05) is 0 Å². The van der Waals surface area contributed by atoms with Crippen LogP contribution >= 0.6 is 11.3 Å². The number of carbonyl (C=O) groups excluding carboxylic acids is 1. The molecule has 0 radical (unpaired) electrons. The van der Waals surface area contributed by atoms with Crippen molar-refractivity contribution in [2.75, 3.05) is 6.54 Å². The van der Waals surface area contributed by atoms with Gasteiger partial charge in [0.1, 0.15) is 5.69 Å². The Morgan fingerprint density at radius 2 is 1.80 bits per heavy atom. The van der Waals surface area contributed by atoms with Crippen molar-refractivity contribution in [3.05, 3.63) is 87.5 Å². The Labute approximate surface area is 177 Å². The molecule has 0 atom stereocenters. The first-order valence-corrected chi connectivity index (χ1v) is 10.4. The van der Waals surface area contributed by atoms with E-state index in [1.165, 1.54) is 10.7 Å². The maximum Gasteiger partial charge on any atom is 0.266 e. The zero-order chi connectivity index (χ0) is 21.1. The Bertz CT molecular complexity index is 1220. The smallest absolute Gasteiger partial charge is 0.266 e. The van der Waals surface area contributed by atoms with Crippen molar-refractivity contribution >= 4 is 17.2 Å². The lowest BCUT2D eigenvalue weighted by Crippen LogP contribution is -2.31. The molecule has 1 N–H and O–H groups in total.